The van der Waals surface area contributed by atoms with Gasteiger partial charge in [-0.1, -0.05) is 0 Å². The number of piperidine rings is 1. The molecule has 0 radical (unpaired) electrons. The van der Waals surface area contributed by atoms with Crippen LogP contribution in [-0.2, 0) is 11.2 Å². The largest absolute Gasteiger partial charge is 0.333 e. The Hall–Kier alpha value is -1.75. The summed E-state index contributed by atoms with van der Waals surface area (Å²) in [5, 5.41) is 3.07. The number of rotatable bonds is 4. The molecular formula is C16H19N3OS. The molecule has 1 amide bonds. The van der Waals surface area contributed by atoms with Gasteiger partial charge in [-0.2, -0.15) is 0 Å². The Labute approximate surface area is 128 Å². The van der Waals surface area contributed by atoms with Gasteiger partial charge in [-0.05, 0) is 43.4 Å². The molecule has 5 heteroatoms. The van der Waals surface area contributed by atoms with E-state index < -0.39 is 0 Å². The van der Waals surface area contributed by atoms with E-state index >= 15 is 0 Å². The molecule has 2 aromatic rings. The number of pyridine rings is 1. The zero-order valence-electron chi connectivity index (χ0n) is 11.9. The number of carbonyl (C=O) groups excluding carboxylic acids is 1. The minimum absolute atomic E-state index is 0.184. The summed E-state index contributed by atoms with van der Waals surface area (Å²) in [5.74, 6) is 0.242. The molecule has 21 heavy (non-hydrogen) atoms. The van der Waals surface area contributed by atoms with Crippen LogP contribution in [0.5, 0.6) is 0 Å². The van der Waals surface area contributed by atoms with Crippen molar-refractivity contribution in [2.75, 3.05) is 6.54 Å². The third-order valence-electron chi connectivity index (χ3n) is 3.94. The number of amides is 1. The second kappa shape index (κ2) is 6.80. The summed E-state index contributed by atoms with van der Waals surface area (Å²) in [6, 6.07) is 4.13. The number of nitrogens with zero attached hydrogens (tertiary/aromatic N) is 3. The molecule has 3 heterocycles. The summed E-state index contributed by atoms with van der Waals surface area (Å²) < 4.78 is 0. The van der Waals surface area contributed by atoms with Crippen molar-refractivity contribution in [1.29, 1.82) is 0 Å². The lowest BCUT2D eigenvalue weighted by atomic mass is 10.0. The van der Waals surface area contributed by atoms with Crippen LogP contribution in [0.2, 0.25) is 0 Å². The van der Waals surface area contributed by atoms with Crippen molar-refractivity contribution >= 4 is 17.2 Å². The lowest BCUT2D eigenvalue weighted by molar-refractivity contribution is -0.135. The summed E-state index contributed by atoms with van der Waals surface area (Å²) in [6.45, 7) is 0.861. The molecule has 1 aliphatic heterocycles. The third-order valence-corrected chi connectivity index (χ3v) is 4.81. The highest BCUT2D eigenvalue weighted by molar-refractivity contribution is 7.09. The number of carbonyl (C=O) groups is 1. The van der Waals surface area contributed by atoms with Crippen molar-refractivity contribution < 1.29 is 4.79 Å². The Morgan fingerprint density at radius 3 is 2.90 bits per heavy atom. The van der Waals surface area contributed by atoms with E-state index in [4.69, 9.17) is 0 Å². The van der Waals surface area contributed by atoms with Crippen LogP contribution >= 0.6 is 11.3 Å². The molecule has 0 bridgehead atoms. The molecule has 0 aromatic carbocycles. The molecule has 1 atom stereocenters. The third kappa shape index (κ3) is 3.47. The van der Waals surface area contributed by atoms with Gasteiger partial charge in [0.25, 0.3) is 0 Å². The normalized spacial score (nSPS) is 18.7. The molecule has 4 nitrogen and oxygen atoms in total. The molecule has 0 aliphatic carbocycles. The summed E-state index contributed by atoms with van der Waals surface area (Å²) in [4.78, 5) is 23.0. The van der Waals surface area contributed by atoms with Gasteiger partial charge in [0.1, 0.15) is 5.01 Å². The average Bonchev–Trinajstić information content (AvgIpc) is 3.08. The molecule has 0 spiro atoms. The van der Waals surface area contributed by atoms with Crippen molar-refractivity contribution in [2.45, 2.75) is 38.1 Å². The Bertz CT molecular complexity index is 570. The van der Waals surface area contributed by atoms with E-state index in [2.05, 4.69) is 9.97 Å². The SMILES string of the molecule is O=C(CCc1ccncc1)N1CCCC[C@@H]1c1nccs1. The van der Waals surface area contributed by atoms with Crippen molar-refractivity contribution in [3.63, 3.8) is 0 Å². The van der Waals surface area contributed by atoms with Crippen LogP contribution in [0.25, 0.3) is 0 Å². The van der Waals surface area contributed by atoms with E-state index in [0.29, 0.717) is 6.42 Å². The highest BCUT2D eigenvalue weighted by Gasteiger charge is 2.29. The van der Waals surface area contributed by atoms with E-state index in [1.165, 1.54) is 12.0 Å². The first-order chi connectivity index (χ1) is 10.3. The van der Waals surface area contributed by atoms with Crippen LogP contribution in [0.1, 0.15) is 42.3 Å². The first kappa shape index (κ1) is 14.2. The molecule has 2 aromatic heterocycles. The highest BCUT2D eigenvalue weighted by atomic mass is 32.1. The first-order valence-electron chi connectivity index (χ1n) is 7.42. The van der Waals surface area contributed by atoms with Gasteiger partial charge in [0.2, 0.25) is 5.91 Å². The van der Waals surface area contributed by atoms with Gasteiger partial charge < -0.3 is 4.90 Å². The van der Waals surface area contributed by atoms with Gasteiger partial charge in [-0.3, -0.25) is 9.78 Å². The summed E-state index contributed by atoms with van der Waals surface area (Å²) in [7, 11) is 0. The Kier molecular flexibility index (Phi) is 4.60. The number of hydrogen-bond acceptors (Lipinski definition) is 4. The number of aromatic nitrogens is 2. The van der Waals surface area contributed by atoms with E-state index in [9.17, 15) is 4.79 Å². The lowest BCUT2D eigenvalue weighted by Gasteiger charge is -2.34. The topological polar surface area (TPSA) is 46.1 Å². The number of hydrogen-bond donors (Lipinski definition) is 0. The molecule has 110 valence electrons. The molecule has 3 rings (SSSR count). The average molecular weight is 301 g/mol. The molecule has 0 unspecified atom stereocenters. The molecular weight excluding hydrogens is 282 g/mol. The molecule has 1 aliphatic rings. The van der Waals surface area contributed by atoms with Crippen LogP contribution in [0.15, 0.2) is 36.1 Å². The number of thiazole rings is 1. The quantitative estimate of drug-likeness (QED) is 0.871. The van der Waals surface area contributed by atoms with Gasteiger partial charge >= 0.3 is 0 Å². The lowest BCUT2D eigenvalue weighted by Crippen LogP contribution is -2.38. The van der Waals surface area contributed by atoms with Gasteiger partial charge in [0.05, 0.1) is 6.04 Å². The first-order valence-corrected chi connectivity index (χ1v) is 8.30. The molecule has 0 saturated carbocycles. The second-order valence-electron chi connectivity index (χ2n) is 5.32. The zero-order valence-corrected chi connectivity index (χ0v) is 12.8. The minimum Gasteiger partial charge on any atom is -0.333 e. The minimum atomic E-state index is 0.184. The van der Waals surface area contributed by atoms with Crippen LogP contribution in [0.4, 0.5) is 0 Å². The second-order valence-corrected chi connectivity index (χ2v) is 6.25. The maximum absolute atomic E-state index is 12.6. The Balaban J connectivity index is 1.64. The van der Waals surface area contributed by atoms with E-state index in [1.807, 2.05) is 28.6 Å². The fraction of sp³-hybridized carbons (Fsp3) is 0.438. The molecule has 0 N–H and O–H groups in total. The van der Waals surface area contributed by atoms with Crippen LogP contribution in [0, 0.1) is 0 Å². The molecule has 1 fully saturated rings. The van der Waals surface area contributed by atoms with E-state index in [1.54, 1.807) is 23.7 Å². The van der Waals surface area contributed by atoms with E-state index in [0.717, 1.165) is 30.8 Å². The predicted octanol–water partition coefficient (Wildman–Crippen LogP) is 3.22. The number of aryl methyl sites for hydroxylation is 1. The number of likely N-dealkylation sites (tertiary alicyclic amines) is 1. The van der Waals surface area contributed by atoms with E-state index in [-0.39, 0.29) is 11.9 Å². The maximum atomic E-state index is 12.6. The van der Waals surface area contributed by atoms with Crippen molar-refractivity contribution in [1.82, 2.24) is 14.9 Å². The summed E-state index contributed by atoms with van der Waals surface area (Å²) >= 11 is 1.65. The van der Waals surface area contributed by atoms with Crippen LogP contribution < -0.4 is 0 Å². The fourth-order valence-corrected chi connectivity index (χ4v) is 3.62. The smallest absolute Gasteiger partial charge is 0.223 e. The van der Waals surface area contributed by atoms with Gasteiger partial charge in [-0.25, -0.2) is 4.98 Å². The van der Waals surface area contributed by atoms with Crippen LogP contribution in [-0.4, -0.2) is 27.3 Å². The summed E-state index contributed by atoms with van der Waals surface area (Å²) in [5.41, 5.74) is 1.17. The summed E-state index contributed by atoms with van der Waals surface area (Å²) in [6.07, 6.45) is 10.0. The van der Waals surface area contributed by atoms with Crippen molar-refractivity contribution in [3.8, 4) is 0 Å². The molecule has 1 saturated heterocycles. The zero-order chi connectivity index (χ0) is 14.5. The standard InChI is InChI=1S/C16H19N3OS/c20-15(5-4-13-6-8-17-9-7-13)19-11-2-1-3-14(19)16-18-10-12-21-16/h6-10,12,14H,1-5,11H2/t14-/m1/s1. The Morgan fingerprint density at radius 2 is 2.14 bits per heavy atom. The van der Waals surface area contributed by atoms with Gasteiger partial charge in [0, 0.05) is 36.9 Å². The highest BCUT2D eigenvalue weighted by Crippen LogP contribution is 2.32. The van der Waals surface area contributed by atoms with Gasteiger partial charge in [0.15, 0.2) is 0 Å². The van der Waals surface area contributed by atoms with Crippen molar-refractivity contribution in [3.05, 3.63) is 46.7 Å². The predicted molar refractivity (Wildman–Crippen MR) is 83.0 cm³/mol. The van der Waals surface area contributed by atoms with Crippen molar-refractivity contribution in [2.24, 2.45) is 0 Å². The van der Waals surface area contributed by atoms with Gasteiger partial charge in [-0.15, -0.1) is 11.3 Å². The monoisotopic (exact) mass is 301 g/mol. The fourth-order valence-electron chi connectivity index (χ4n) is 2.83. The van der Waals surface area contributed by atoms with Crippen LogP contribution in [0.3, 0.4) is 0 Å². The Morgan fingerprint density at radius 1 is 1.29 bits per heavy atom. The maximum Gasteiger partial charge on any atom is 0.223 e.